The molecule has 5 rings (SSSR count). The number of aryl methyl sites for hydroxylation is 1. The number of nitrogens with zero attached hydrogens (tertiary/aromatic N) is 3. The summed E-state index contributed by atoms with van der Waals surface area (Å²) < 4.78 is 36.4. The van der Waals surface area contributed by atoms with Crippen LogP contribution in [0, 0.1) is 0 Å². The van der Waals surface area contributed by atoms with Crippen LogP contribution in [0.2, 0.25) is 0 Å². The van der Waals surface area contributed by atoms with Crippen molar-refractivity contribution in [2.24, 2.45) is 10.9 Å². The second-order valence-corrected chi connectivity index (χ2v) is 12.4. The Morgan fingerprint density at radius 2 is 1.95 bits per heavy atom. The summed E-state index contributed by atoms with van der Waals surface area (Å²) in [5.41, 5.74) is 8.04. The van der Waals surface area contributed by atoms with E-state index >= 15 is 0 Å². The molecule has 5 aromatic rings. The number of benzene rings is 3. The van der Waals surface area contributed by atoms with E-state index in [0.29, 0.717) is 22.9 Å². The van der Waals surface area contributed by atoms with Gasteiger partial charge in [0.15, 0.2) is 5.84 Å². The van der Waals surface area contributed by atoms with Gasteiger partial charge in [-0.25, -0.2) is 27.9 Å². The van der Waals surface area contributed by atoms with Crippen LogP contribution in [0.15, 0.2) is 95.2 Å². The summed E-state index contributed by atoms with van der Waals surface area (Å²) in [5, 5.41) is 4.25. The van der Waals surface area contributed by atoms with Crippen LogP contribution in [0.3, 0.4) is 0 Å². The lowest BCUT2D eigenvalue weighted by atomic mass is 10.0. The average molecular weight is 619 g/mol. The van der Waals surface area contributed by atoms with Gasteiger partial charge < -0.3 is 20.3 Å². The van der Waals surface area contributed by atoms with Crippen molar-refractivity contribution >= 4 is 43.4 Å². The Bertz CT molecular complexity index is 1820. The van der Waals surface area contributed by atoms with Gasteiger partial charge in [0, 0.05) is 31.3 Å². The summed E-state index contributed by atoms with van der Waals surface area (Å²) >= 11 is 1.39. The first-order valence-electron chi connectivity index (χ1n) is 13.5. The molecule has 0 amide bonds. The molecular formula is C30H30N6O5S2. The summed E-state index contributed by atoms with van der Waals surface area (Å²) in [6.07, 6.45) is 5.39. The Hall–Kier alpha value is -4.59. The largest absolute Gasteiger partial charge is 0.494 e. The van der Waals surface area contributed by atoms with Crippen molar-refractivity contribution in [1.82, 2.24) is 19.7 Å². The highest BCUT2D eigenvalue weighted by Gasteiger charge is 2.25. The number of carbonyl (C=O) groups excluding carboxylic acids is 1. The minimum absolute atomic E-state index is 0.0233. The number of oxime groups is 1. The van der Waals surface area contributed by atoms with Crippen molar-refractivity contribution in [3.8, 4) is 5.75 Å². The maximum absolute atomic E-state index is 13.4. The number of carbonyl (C=O) groups is 1. The van der Waals surface area contributed by atoms with Gasteiger partial charge in [0.1, 0.15) is 16.6 Å². The zero-order valence-electron chi connectivity index (χ0n) is 23.3. The molecule has 0 spiro atoms. The Kier molecular flexibility index (Phi) is 9.45. The predicted octanol–water partition coefficient (Wildman–Crippen LogP) is 4.48. The zero-order valence-corrected chi connectivity index (χ0v) is 24.9. The van der Waals surface area contributed by atoms with Gasteiger partial charge in [-0.15, -0.1) is 11.3 Å². The molecule has 0 radical (unpaired) electrons. The maximum Gasteiger partial charge on any atom is 0.332 e. The molecule has 43 heavy (non-hydrogen) atoms. The zero-order chi connectivity index (χ0) is 30.2. The SMILES string of the molecule is CC(=O)ON=C(N)c1cccc(CC(NS(=O)(=O)c2ccccc2)c2nc3ccc(OCCCc4ncc[nH]4)cc3s2)c1. The van der Waals surface area contributed by atoms with E-state index in [1.807, 2.05) is 24.3 Å². The Morgan fingerprint density at radius 3 is 2.72 bits per heavy atom. The van der Waals surface area contributed by atoms with E-state index in [1.54, 1.807) is 60.9 Å². The summed E-state index contributed by atoms with van der Waals surface area (Å²) in [6, 6.07) is 20.3. The summed E-state index contributed by atoms with van der Waals surface area (Å²) in [5.74, 6) is 1.06. The fourth-order valence-corrected chi connectivity index (χ4v) is 6.66. The fraction of sp³-hybridized carbons (Fsp3) is 0.200. The molecule has 1 atom stereocenters. The molecule has 0 fully saturated rings. The molecule has 0 saturated carbocycles. The molecule has 11 nitrogen and oxygen atoms in total. The molecule has 222 valence electrons. The average Bonchev–Trinajstić information content (AvgIpc) is 3.68. The van der Waals surface area contributed by atoms with Crippen molar-refractivity contribution in [2.45, 2.75) is 37.1 Å². The number of thiazole rings is 1. The number of nitrogens with two attached hydrogens (primary N) is 1. The number of sulfonamides is 1. The predicted molar refractivity (Wildman–Crippen MR) is 164 cm³/mol. The van der Waals surface area contributed by atoms with Gasteiger partial charge in [0.2, 0.25) is 10.0 Å². The highest BCUT2D eigenvalue weighted by Crippen LogP contribution is 2.32. The standard InChI is InChI=1S/C30H30N6O5S2/c1-20(37)41-35-29(31)22-8-5-7-21(17-22)18-26(36-43(38,39)24-9-3-2-4-10-24)30-34-25-13-12-23(19-27(25)42-30)40-16-6-11-28-32-14-15-33-28/h2-5,7-10,12-15,17,19,26,36H,6,11,16,18H2,1H3,(H2,31,35)(H,32,33). The minimum atomic E-state index is -3.87. The molecule has 1 unspecified atom stereocenters. The first kappa shape index (κ1) is 29.9. The second kappa shape index (κ2) is 13.6. The molecule has 2 heterocycles. The van der Waals surface area contributed by atoms with Crippen LogP contribution >= 0.6 is 11.3 Å². The number of rotatable bonds is 13. The van der Waals surface area contributed by atoms with Gasteiger partial charge in [-0.2, -0.15) is 0 Å². The molecule has 0 aliphatic carbocycles. The first-order chi connectivity index (χ1) is 20.8. The third kappa shape index (κ3) is 8.03. The quantitative estimate of drug-likeness (QED) is 0.0572. The van der Waals surface area contributed by atoms with E-state index in [2.05, 4.69) is 24.7 Å². The lowest BCUT2D eigenvalue weighted by molar-refractivity contribution is -0.140. The third-order valence-electron chi connectivity index (χ3n) is 6.34. The number of H-pyrrole nitrogens is 1. The number of aromatic amines is 1. The lowest BCUT2D eigenvalue weighted by Crippen LogP contribution is -2.30. The Morgan fingerprint density at radius 1 is 1.12 bits per heavy atom. The minimum Gasteiger partial charge on any atom is -0.494 e. The van der Waals surface area contributed by atoms with Gasteiger partial charge in [-0.3, -0.25) is 0 Å². The van der Waals surface area contributed by atoms with Crippen LogP contribution < -0.4 is 15.2 Å². The van der Waals surface area contributed by atoms with E-state index in [-0.39, 0.29) is 17.2 Å². The number of ether oxygens (including phenoxy) is 1. The van der Waals surface area contributed by atoms with Crippen LogP contribution in [0.5, 0.6) is 5.75 Å². The van der Waals surface area contributed by atoms with Crippen LogP contribution in [0.25, 0.3) is 10.2 Å². The molecule has 2 aromatic heterocycles. The molecule has 0 aliphatic rings. The van der Waals surface area contributed by atoms with E-state index < -0.39 is 22.0 Å². The summed E-state index contributed by atoms with van der Waals surface area (Å²) in [6.45, 7) is 1.75. The van der Waals surface area contributed by atoms with Crippen LogP contribution in [-0.2, 0) is 32.5 Å². The Balaban J connectivity index is 1.39. The number of fused-ring (bicyclic) bond motifs is 1. The summed E-state index contributed by atoms with van der Waals surface area (Å²) in [4.78, 5) is 28.0. The van der Waals surface area contributed by atoms with E-state index in [4.69, 9.17) is 15.5 Å². The number of amidine groups is 1. The third-order valence-corrected chi connectivity index (χ3v) is 8.96. The normalized spacial score (nSPS) is 12.7. The van der Waals surface area contributed by atoms with Crippen LogP contribution in [-0.4, -0.2) is 41.8 Å². The smallest absolute Gasteiger partial charge is 0.332 e. The molecule has 4 N–H and O–H groups in total. The lowest BCUT2D eigenvalue weighted by Gasteiger charge is -2.17. The molecule has 0 aliphatic heterocycles. The van der Waals surface area contributed by atoms with Crippen molar-refractivity contribution in [3.63, 3.8) is 0 Å². The fourth-order valence-electron chi connectivity index (χ4n) is 4.32. The number of imidazole rings is 1. The van der Waals surface area contributed by atoms with E-state index in [0.717, 1.165) is 34.4 Å². The van der Waals surface area contributed by atoms with Crippen LogP contribution in [0.1, 0.15) is 41.3 Å². The maximum atomic E-state index is 13.4. The molecular weight excluding hydrogens is 589 g/mol. The second-order valence-electron chi connectivity index (χ2n) is 9.62. The van der Waals surface area contributed by atoms with Gasteiger partial charge in [-0.1, -0.05) is 41.6 Å². The summed E-state index contributed by atoms with van der Waals surface area (Å²) in [7, 11) is -3.87. The van der Waals surface area contributed by atoms with Crippen molar-refractivity contribution in [3.05, 3.63) is 107 Å². The molecule has 3 aromatic carbocycles. The first-order valence-corrected chi connectivity index (χ1v) is 15.8. The Labute approximate surface area is 252 Å². The van der Waals surface area contributed by atoms with E-state index in [1.165, 1.54) is 18.3 Å². The van der Waals surface area contributed by atoms with Crippen molar-refractivity contribution in [2.75, 3.05) is 6.61 Å². The highest BCUT2D eigenvalue weighted by molar-refractivity contribution is 7.89. The van der Waals surface area contributed by atoms with Crippen LogP contribution in [0.4, 0.5) is 0 Å². The number of aromatic nitrogens is 3. The monoisotopic (exact) mass is 618 g/mol. The molecule has 0 bridgehead atoms. The molecule has 13 heteroatoms. The van der Waals surface area contributed by atoms with Gasteiger partial charge >= 0.3 is 5.97 Å². The van der Waals surface area contributed by atoms with Crippen molar-refractivity contribution in [1.29, 1.82) is 0 Å². The highest BCUT2D eigenvalue weighted by atomic mass is 32.2. The number of nitrogens with one attached hydrogen (secondary N) is 2. The van der Waals surface area contributed by atoms with Gasteiger partial charge in [-0.05, 0) is 54.8 Å². The topological polar surface area (TPSA) is 162 Å². The van der Waals surface area contributed by atoms with Gasteiger partial charge in [0.05, 0.1) is 27.8 Å². The van der Waals surface area contributed by atoms with Gasteiger partial charge in [0.25, 0.3) is 0 Å². The number of hydrogen-bond donors (Lipinski definition) is 3. The van der Waals surface area contributed by atoms with E-state index in [9.17, 15) is 13.2 Å². The number of hydrogen-bond acceptors (Lipinski definition) is 9. The molecule has 0 saturated heterocycles. The van der Waals surface area contributed by atoms with Crippen molar-refractivity contribution < 1.29 is 22.8 Å².